The number of nitrogens with two attached hydrogens (primary N) is 1. The molecule has 0 aliphatic rings. The molecule has 5 heteroatoms. The Bertz CT molecular complexity index is 528. The van der Waals surface area contributed by atoms with E-state index >= 15 is 0 Å². The second-order valence-corrected chi connectivity index (χ2v) is 5.28. The van der Waals surface area contributed by atoms with Crippen LogP contribution in [0.3, 0.4) is 0 Å². The van der Waals surface area contributed by atoms with Gasteiger partial charge in [0.15, 0.2) is 0 Å². The van der Waals surface area contributed by atoms with Gasteiger partial charge >= 0.3 is 0 Å². The van der Waals surface area contributed by atoms with Gasteiger partial charge in [0.2, 0.25) is 0 Å². The van der Waals surface area contributed by atoms with Crippen LogP contribution in [0.15, 0.2) is 35.0 Å². The van der Waals surface area contributed by atoms with Crippen molar-refractivity contribution in [3.05, 3.63) is 35.0 Å². The molecule has 0 fully saturated rings. The lowest BCUT2D eigenvalue weighted by molar-refractivity contribution is 0.101. The fourth-order valence-corrected chi connectivity index (χ4v) is 2.58. The highest BCUT2D eigenvalue weighted by atomic mass is 32.1. The summed E-state index contributed by atoms with van der Waals surface area (Å²) in [4.78, 5) is 1.90. The maximum atomic E-state index is 9.48. The summed E-state index contributed by atoms with van der Waals surface area (Å²) >= 11 is 1.63. The van der Waals surface area contributed by atoms with Crippen LogP contribution in [0.2, 0.25) is 0 Å². The van der Waals surface area contributed by atoms with Gasteiger partial charge in [-0.25, -0.2) is 0 Å². The van der Waals surface area contributed by atoms with Gasteiger partial charge in [-0.15, -0.1) is 0 Å². The van der Waals surface area contributed by atoms with Crippen molar-refractivity contribution in [2.75, 3.05) is 30.8 Å². The number of nitrogen functional groups attached to an aromatic ring is 1. The van der Waals surface area contributed by atoms with Crippen LogP contribution in [-0.2, 0) is 0 Å². The first-order chi connectivity index (χ1) is 9.11. The van der Waals surface area contributed by atoms with Crippen molar-refractivity contribution in [1.29, 1.82) is 0 Å². The van der Waals surface area contributed by atoms with Gasteiger partial charge in [0.25, 0.3) is 0 Å². The first-order valence-corrected chi connectivity index (χ1v) is 6.98. The molecule has 0 aliphatic heterocycles. The minimum atomic E-state index is -0.743. The zero-order valence-corrected chi connectivity index (χ0v) is 11.6. The zero-order chi connectivity index (χ0) is 13.8. The Hall–Kier alpha value is -1.56. The summed E-state index contributed by atoms with van der Waals surface area (Å²) in [6.45, 7) is 0.139. The number of hydrogen-bond donors (Lipinski definition) is 3. The highest BCUT2D eigenvalue weighted by molar-refractivity contribution is 7.08. The average molecular weight is 278 g/mol. The van der Waals surface area contributed by atoms with E-state index < -0.39 is 6.10 Å². The number of anilines is 2. The topological polar surface area (TPSA) is 69.7 Å². The maximum absolute atomic E-state index is 9.48. The third-order valence-corrected chi connectivity index (χ3v) is 3.69. The molecule has 0 spiro atoms. The smallest absolute Gasteiger partial charge is 0.0945 e. The molecule has 0 amide bonds. The van der Waals surface area contributed by atoms with Gasteiger partial charge in [-0.05, 0) is 40.6 Å². The minimum absolute atomic E-state index is 0.239. The second kappa shape index (κ2) is 6.06. The third kappa shape index (κ3) is 3.26. The molecule has 1 heterocycles. The van der Waals surface area contributed by atoms with Gasteiger partial charge in [0.05, 0.1) is 12.7 Å². The molecular formula is C14H18N2O2S. The molecule has 0 saturated heterocycles. The highest BCUT2D eigenvalue weighted by Gasteiger charge is 2.10. The van der Waals surface area contributed by atoms with Gasteiger partial charge in [-0.2, -0.15) is 11.3 Å². The van der Waals surface area contributed by atoms with Gasteiger partial charge in [-0.3, -0.25) is 0 Å². The number of thiophene rings is 1. The Kier molecular flexibility index (Phi) is 4.42. The summed E-state index contributed by atoms with van der Waals surface area (Å²) in [6, 6.07) is 7.81. The van der Waals surface area contributed by atoms with Crippen molar-refractivity contribution in [1.82, 2.24) is 0 Å². The van der Waals surface area contributed by atoms with Crippen molar-refractivity contribution in [3.8, 4) is 11.1 Å². The standard InChI is InChI=1S/C14H18N2O2S/c1-16(7-12(18)8-17)11-2-3-14(15)13(6-11)10-4-5-19-9-10/h2-6,9,12,17-18H,7-8,15H2,1H3. The molecule has 1 aromatic carbocycles. The number of benzene rings is 1. The van der Waals surface area contributed by atoms with Crippen LogP contribution in [0.5, 0.6) is 0 Å². The molecule has 2 aromatic rings. The van der Waals surface area contributed by atoms with Crippen LogP contribution in [0.25, 0.3) is 11.1 Å². The summed E-state index contributed by atoms with van der Waals surface area (Å²) < 4.78 is 0. The highest BCUT2D eigenvalue weighted by Crippen LogP contribution is 2.31. The van der Waals surface area contributed by atoms with E-state index in [0.717, 1.165) is 22.5 Å². The van der Waals surface area contributed by atoms with Crippen molar-refractivity contribution in [2.24, 2.45) is 0 Å². The van der Waals surface area contributed by atoms with Crippen molar-refractivity contribution in [2.45, 2.75) is 6.10 Å². The predicted molar refractivity (Wildman–Crippen MR) is 80.5 cm³/mol. The predicted octanol–water partition coefficient (Wildman–Crippen LogP) is 1.79. The normalized spacial score (nSPS) is 12.4. The quantitative estimate of drug-likeness (QED) is 0.729. The van der Waals surface area contributed by atoms with E-state index in [1.54, 1.807) is 11.3 Å². The van der Waals surface area contributed by atoms with Crippen molar-refractivity contribution < 1.29 is 10.2 Å². The van der Waals surface area contributed by atoms with E-state index in [0.29, 0.717) is 6.54 Å². The summed E-state index contributed by atoms with van der Waals surface area (Å²) in [5, 5.41) is 22.4. The van der Waals surface area contributed by atoms with Crippen LogP contribution in [-0.4, -0.2) is 36.5 Å². The van der Waals surface area contributed by atoms with E-state index in [2.05, 4.69) is 5.38 Å². The van der Waals surface area contributed by atoms with Gasteiger partial charge < -0.3 is 20.8 Å². The largest absolute Gasteiger partial charge is 0.398 e. The monoisotopic (exact) mass is 278 g/mol. The number of nitrogens with zero attached hydrogens (tertiary/aromatic N) is 1. The molecular weight excluding hydrogens is 260 g/mol. The van der Waals surface area contributed by atoms with Crippen LogP contribution < -0.4 is 10.6 Å². The first kappa shape index (κ1) is 13.9. The Morgan fingerprint density at radius 3 is 2.79 bits per heavy atom. The molecule has 4 N–H and O–H groups in total. The molecule has 0 aliphatic carbocycles. The summed E-state index contributed by atoms with van der Waals surface area (Å²) in [6.07, 6.45) is -0.743. The van der Waals surface area contributed by atoms with Crippen LogP contribution in [0.4, 0.5) is 11.4 Å². The third-order valence-electron chi connectivity index (χ3n) is 3.01. The SMILES string of the molecule is CN(CC(O)CO)c1ccc(N)c(-c2ccsc2)c1. The Morgan fingerprint density at radius 1 is 1.37 bits per heavy atom. The van der Waals surface area contributed by atoms with E-state index in [4.69, 9.17) is 10.8 Å². The van der Waals surface area contributed by atoms with Gasteiger partial charge in [-0.1, -0.05) is 0 Å². The van der Waals surface area contributed by atoms with Crippen LogP contribution in [0.1, 0.15) is 0 Å². The summed E-state index contributed by atoms with van der Waals surface area (Å²) in [7, 11) is 1.88. The van der Waals surface area contributed by atoms with E-state index in [9.17, 15) is 5.11 Å². The fraction of sp³-hybridized carbons (Fsp3) is 0.286. The lowest BCUT2D eigenvalue weighted by Gasteiger charge is -2.22. The molecule has 19 heavy (non-hydrogen) atoms. The van der Waals surface area contributed by atoms with Gasteiger partial charge in [0, 0.05) is 30.5 Å². The van der Waals surface area contributed by atoms with E-state index in [1.807, 2.05) is 41.6 Å². The molecule has 0 radical (unpaired) electrons. The van der Waals surface area contributed by atoms with E-state index in [-0.39, 0.29) is 6.61 Å². The summed E-state index contributed by atoms with van der Waals surface area (Å²) in [5.74, 6) is 0. The molecule has 4 nitrogen and oxygen atoms in total. The molecule has 1 aromatic heterocycles. The molecule has 1 atom stereocenters. The van der Waals surface area contributed by atoms with Crippen molar-refractivity contribution in [3.63, 3.8) is 0 Å². The van der Waals surface area contributed by atoms with Crippen LogP contribution >= 0.6 is 11.3 Å². The lowest BCUT2D eigenvalue weighted by atomic mass is 10.1. The molecule has 102 valence electrons. The van der Waals surface area contributed by atoms with Crippen LogP contribution in [0, 0.1) is 0 Å². The number of rotatable bonds is 5. The maximum Gasteiger partial charge on any atom is 0.0945 e. The number of likely N-dealkylation sites (N-methyl/N-ethyl adjacent to an activating group) is 1. The molecule has 0 bridgehead atoms. The Labute approximate surface area is 116 Å². The first-order valence-electron chi connectivity index (χ1n) is 6.04. The minimum Gasteiger partial charge on any atom is -0.398 e. The fourth-order valence-electron chi connectivity index (χ4n) is 1.93. The number of aliphatic hydroxyl groups is 2. The number of hydrogen-bond acceptors (Lipinski definition) is 5. The average Bonchev–Trinajstić information content (AvgIpc) is 2.92. The Balaban J connectivity index is 2.26. The molecule has 0 saturated carbocycles. The van der Waals surface area contributed by atoms with E-state index in [1.165, 1.54) is 0 Å². The zero-order valence-electron chi connectivity index (χ0n) is 10.8. The lowest BCUT2D eigenvalue weighted by Crippen LogP contribution is -2.31. The Morgan fingerprint density at radius 2 is 2.16 bits per heavy atom. The number of aliphatic hydroxyl groups excluding tert-OH is 2. The second-order valence-electron chi connectivity index (χ2n) is 4.50. The molecule has 1 unspecified atom stereocenters. The summed E-state index contributed by atoms with van der Waals surface area (Å²) in [5.41, 5.74) is 9.79. The molecule has 2 rings (SSSR count). The van der Waals surface area contributed by atoms with Gasteiger partial charge in [0.1, 0.15) is 0 Å². The van der Waals surface area contributed by atoms with Crippen molar-refractivity contribution >= 4 is 22.7 Å².